The smallest absolute Gasteiger partial charge is 0.305 e. The Morgan fingerprint density at radius 1 is 1.20 bits per heavy atom. The summed E-state index contributed by atoms with van der Waals surface area (Å²) >= 11 is 0. The molecule has 5 heteroatoms. The molecule has 1 rings (SSSR count). The standard InChI is InChI=1S/C15H21NO4/c1-20-14(18)11-7-3-6-10-13(17)15(19)16-12-8-4-2-5-9-12/h2,4-5,8-9,13,17H,3,6-7,10-11H2,1H3,(H,16,19). The van der Waals surface area contributed by atoms with Crippen LogP contribution in [0.3, 0.4) is 0 Å². The van der Waals surface area contributed by atoms with Crippen LogP contribution in [0.15, 0.2) is 30.3 Å². The molecule has 2 N–H and O–H groups in total. The van der Waals surface area contributed by atoms with Gasteiger partial charge >= 0.3 is 5.97 Å². The van der Waals surface area contributed by atoms with E-state index in [-0.39, 0.29) is 5.97 Å². The number of aliphatic hydroxyl groups excluding tert-OH is 1. The fourth-order valence-electron chi connectivity index (χ4n) is 1.76. The first-order chi connectivity index (χ1) is 9.63. The van der Waals surface area contributed by atoms with Gasteiger partial charge in [0.2, 0.25) is 0 Å². The molecular weight excluding hydrogens is 258 g/mol. The van der Waals surface area contributed by atoms with Gasteiger partial charge in [0.05, 0.1) is 7.11 Å². The molecule has 0 saturated heterocycles. The molecule has 1 amide bonds. The zero-order valence-corrected chi connectivity index (χ0v) is 11.7. The van der Waals surface area contributed by atoms with Crippen LogP contribution in [0.1, 0.15) is 32.1 Å². The van der Waals surface area contributed by atoms with Gasteiger partial charge in [-0.2, -0.15) is 0 Å². The van der Waals surface area contributed by atoms with Crippen molar-refractivity contribution in [1.82, 2.24) is 0 Å². The molecule has 0 aliphatic rings. The fourth-order valence-corrected chi connectivity index (χ4v) is 1.76. The van der Waals surface area contributed by atoms with Crippen molar-refractivity contribution in [1.29, 1.82) is 0 Å². The molecule has 0 fully saturated rings. The molecule has 1 aromatic carbocycles. The number of amides is 1. The summed E-state index contributed by atoms with van der Waals surface area (Å²) in [7, 11) is 1.36. The number of hydrogen-bond acceptors (Lipinski definition) is 4. The fraction of sp³-hybridized carbons (Fsp3) is 0.467. The minimum atomic E-state index is -1.02. The number of methoxy groups -OCH3 is 1. The minimum Gasteiger partial charge on any atom is -0.469 e. The third-order valence-electron chi connectivity index (χ3n) is 2.93. The number of ether oxygens (including phenoxy) is 1. The average Bonchev–Trinajstić information content (AvgIpc) is 2.47. The van der Waals surface area contributed by atoms with Crippen molar-refractivity contribution < 1.29 is 19.4 Å². The number of aliphatic hydroxyl groups is 1. The number of hydrogen-bond donors (Lipinski definition) is 2. The van der Waals surface area contributed by atoms with Gasteiger partial charge in [-0.05, 0) is 25.0 Å². The summed E-state index contributed by atoms with van der Waals surface area (Å²) in [5, 5.41) is 12.4. The Bertz CT molecular complexity index is 419. The molecule has 1 unspecified atom stereocenters. The normalized spacial score (nSPS) is 11.7. The number of carbonyl (C=O) groups is 2. The van der Waals surface area contributed by atoms with Gasteiger partial charge in [-0.1, -0.05) is 31.0 Å². The highest BCUT2D eigenvalue weighted by atomic mass is 16.5. The van der Waals surface area contributed by atoms with Gasteiger partial charge in [0.25, 0.3) is 5.91 Å². The molecule has 0 heterocycles. The van der Waals surface area contributed by atoms with E-state index in [0.29, 0.717) is 31.4 Å². The van der Waals surface area contributed by atoms with E-state index in [1.807, 2.05) is 18.2 Å². The van der Waals surface area contributed by atoms with Crippen LogP contribution >= 0.6 is 0 Å². The Hall–Kier alpha value is -1.88. The summed E-state index contributed by atoms with van der Waals surface area (Å²) in [6.45, 7) is 0. The van der Waals surface area contributed by atoms with Crippen LogP contribution in [0, 0.1) is 0 Å². The van der Waals surface area contributed by atoms with E-state index >= 15 is 0 Å². The van der Waals surface area contributed by atoms with E-state index in [9.17, 15) is 14.7 Å². The van der Waals surface area contributed by atoms with Crippen LogP contribution in [-0.4, -0.2) is 30.2 Å². The molecule has 110 valence electrons. The van der Waals surface area contributed by atoms with E-state index in [1.165, 1.54) is 7.11 Å². The van der Waals surface area contributed by atoms with E-state index in [2.05, 4.69) is 10.1 Å². The first-order valence-electron chi connectivity index (χ1n) is 6.74. The summed E-state index contributed by atoms with van der Waals surface area (Å²) in [4.78, 5) is 22.6. The van der Waals surface area contributed by atoms with Gasteiger partial charge in [0.15, 0.2) is 0 Å². The lowest BCUT2D eigenvalue weighted by Gasteiger charge is -2.11. The van der Waals surface area contributed by atoms with Gasteiger partial charge in [-0.25, -0.2) is 0 Å². The summed E-state index contributed by atoms with van der Waals surface area (Å²) in [5.74, 6) is -0.628. The lowest BCUT2D eigenvalue weighted by Crippen LogP contribution is -2.27. The first kappa shape index (κ1) is 16.2. The monoisotopic (exact) mass is 279 g/mol. The van der Waals surface area contributed by atoms with Crippen molar-refractivity contribution in [2.24, 2.45) is 0 Å². The van der Waals surface area contributed by atoms with Crippen molar-refractivity contribution in [2.75, 3.05) is 12.4 Å². The van der Waals surface area contributed by atoms with E-state index in [1.54, 1.807) is 12.1 Å². The molecule has 0 aromatic heterocycles. The molecule has 1 aromatic rings. The van der Waals surface area contributed by atoms with Gasteiger partial charge in [-0.3, -0.25) is 9.59 Å². The summed E-state index contributed by atoms with van der Waals surface area (Å²) in [6.07, 6.45) is 1.93. The number of para-hydroxylation sites is 1. The maximum Gasteiger partial charge on any atom is 0.305 e. The third-order valence-corrected chi connectivity index (χ3v) is 2.93. The van der Waals surface area contributed by atoms with E-state index in [0.717, 1.165) is 6.42 Å². The second-order valence-corrected chi connectivity index (χ2v) is 4.55. The van der Waals surface area contributed by atoms with Crippen LogP contribution in [0.2, 0.25) is 0 Å². The largest absolute Gasteiger partial charge is 0.469 e. The van der Waals surface area contributed by atoms with Crippen LogP contribution in [0.25, 0.3) is 0 Å². The molecular formula is C15H21NO4. The first-order valence-corrected chi connectivity index (χ1v) is 6.74. The number of rotatable bonds is 8. The van der Waals surface area contributed by atoms with Gasteiger partial charge in [0.1, 0.15) is 6.10 Å². The molecule has 0 saturated carbocycles. The Kier molecular flexibility index (Phi) is 7.35. The van der Waals surface area contributed by atoms with Gasteiger partial charge in [-0.15, -0.1) is 0 Å². The van der Waals surface area contributed by atoms with Crippen molar-refractivity contribution in [3.8, 4) is 0 Å². The molecule has 0 bridgehead atoms. The second-order valence-electron chi connectivity index (χ2n) is 4.55. The minimum absolute atomic E-state index is 0.229. The zero-order valence-electron chi connectivity index (χ0n) is 11.7. The quantitative estimate of drug-likeness (QED) is 0.564. The van der Waals surface area contributed by atoms with E-state index in [4.69, 9.17) is 0 Å². The lowest BCUT2D eigenvalue weighted by molar-refractivity contribution is -0.140. The highest BCUT2D eigenvalue weighted by Crippen LogP contribution is 2.10. The Morgan fingerprint density at radius 3 is 2.55 bits per heavy atom. The number of benzene rings is 1. The van der Waals surface area contributed by atoms with Crippen LogP contribution < -0.4 is 5.32 Å². The zero-order chi connectivity index (χ0) is 14.8. The average molecular weight is 279 g/mol. The van der Waals surface area contributed by atoms with Crippen molar-refractivity contribution in [2.45, 2.75) is 38.2 Å². The predicted molar refractivity (Wildman–Crippen MR) is 76.2 cm³/mol. The summed E-state index contributed by atoms with van der Waals surface area (Å²) in [5.41, 5.74) is 0.669. The summed E-state index contributed by atoms with van der Waals surface area (Å²) in [6, 6.07) is 9.01. The third kappa shape index (κ3) is 6.33. The van der Waals surface area contributed by atoms with Crippen LogP contribution in [0.5, 0.6) is 0 Å². The Balaban J connectivity index is 2.17. The molecule has 0 aliphatic carbocycles. The van der Waals surface area contributed by atoms with Crippen LogP contribution in [0.4, 0.5) is 5.69 Å². The number of unbranched alkanes of at least 4 members (excludes halogenated alkanes) is 2. The number of nitrogens with one attached hydrogen (secondary N) is 1. The Morgan fingerprint density at radius 2 is 1.90 bits per heavy atom. The Labute approximate surface area is 118 Å². The molecule has 0 aliphatic heterocycles. The topological polar surface area (TPSA) is 75.6 Å². The molecule has 5 nitrogen and oxygen atoms in total. The summed E-state index contributed by atoms with van der Waals surface area (Å²) < 4.78 is 4.53. The highest BCUT2D eigenvalue weighted by molar-refractivity contribution is 5.93. The number of esters is 1. The molecule has 0 radical (unpaired) electrons. The van der Waals surface area contributed by atoms with Crippen molar-refractivity contribution >= 4 is 17.6 Å². The van der Waals surface area contributed by atoms with Crippen molar-refractivity contribution in [3.63, 3.8) is 0 Å². The van der Waals surface area contributed by atoms with E-state index < -0.39 is 12.0 Å². The number of carbonyl (C=O) groups excluding carboxylic acids is 2. The molecule has 1 atom stereocenters. The lowest BCUT2D eigenvalue weighted by atomic mass is 10.1. The maximum absolute atomic E-state index is 11.7. The second kappa shape index (κ2) is 9.09. The predicted octanol–water partition coefficient (Wildman–Crippen LogP) is 2.11. The molecule has 0 spiro atoms. The highest BCUT2D eigenvalue weighted by Gasteiger charge is 2.14. The van der Waals surface area contributed by atoms with Crippen molar-refractivity contribution in [3.05, 3.63) is 30.3 Å². The van der Waals surface area contributed by atoms with Gasteiger partial charge < -0.3 is 15.2 Å². The van der Waals surface area contributed by atoms with Gasteiger partial charge in [0, 0.05) is 12.1 Å². The SMILES string of the molecule is COC(=O)CCCCCC(O)C(=O)Nc1ccccc1. The van der Waals surface area contributed by atoms with Crippen LogP contribution in [-0.2, 0) is 14.3 Å². The number of anilines is 1. The maximum atomic E-state index is 11.7. The molecule has 20 heavy (non-hydrogen) atoms.